The van der Waals surface area contributed by atoms with E-state index in [9.17, 15) is 28.2 Å². The quantitative estimate of drug-likeness (QED) is 0.264. The first kappa shape index (κ1) is 28.2. The minimum Gasteiger partial charge on any atom is -0.492 e. The number of fused-ring (bicyclic) bond motifs is 2. The van der Waals surface area contributed by atoms with Crippen molar-refractivity contribution in [3.63, 3.8) is 0 Å². The number of ether oxygens (including phenoxy) is 2. The number of carbonyl (C=O) groups is 2. The summed E-state index contributed by atoms with van der Waals surface area (Å²) >= 11 is 0. The summed E-state index contributed by atoms with van der Waals surface area (Å²) in [5.74, 6) is -0.965. The zero-order valence-electron chi connectivity index (χ0n) is 22.7. The Kier molecular flexibility index (Phi) is 7.27. The maximum atomic E-state index is 14.3. The number of nitrogens with one attached hydrogen (secondary N) is 1. The van der Waals surface area contributed by atoms with Gasteiger partial charge in [0.2, 0.25) is 0 Å². The summed E-state index contributed by atoms with van der Waals surface area (Å²) in [6.45, 7) is 4.87. The number of rotatable bonds is 6. The maximum absolute atomic E-state index is 14.3. The largest absolute Gasteiger partial charge is 0.492 e. The summed E-state index contributed by atoms with van der Waals surface area (Å²) in [6, 6.07) is 10.9. The second-order valence-electron chi connectivity index (χ2n) is 10.5. The molecule has 10 heteroatoms. The highest BCUT2D eigenvalue weighted by Gasteiger charge is 2.39. The third kappa shape index (κ3) is 5.51. The molecule has 1 aliphatic carbocycles. The molecular weight excluding hydrogens is 537 g/mol. The van der Waals surface area contributed by atoms with Gasteiger partial charge in [-0.05, 0) is 84.7 Å². The normalized spacial score (nSPS) is 17.4. The number of hydrogen-bond donors (Lipinski definition) is 2. The SMILES string of the molecule is CC(=O)NC(=[N-])c1cc(C)c(-c2c(C(F)(F)F)ccc3c2CC[C@H]3Oc2ccc3c(c2)OC[C@H]3CC(=O)O)c(C)c1. The van der Waals surface area contributed by atoms with E-state index < -0.39 is 29.7 Å². The van der Waals surface area contributed by atoms with Crippen LogP contribution >= 0.6 is 0 Å². The molecule has 0 unspecified atom stereocenters. The van der Waals surface area contributed by atoms with E-state index in [0.29, 0.717) is 57.7 Å². The molecule has 2 N–H and O–H groups in total. The number of amides is 1. The molecule has 0 spiro atoms. The fourth-order valence-electron chi connectivity index (χ4n) is 5.92. The summed E-state index contributed by atoms with van der Waals surface area (Å²) in [7, 11) is 0. The number of halogens is 3. The highest BCUT2D eigenvalue weighted by Crippen LogP contribution is 2.48. The molecule has 3 aromatic rings. The molecule has 41 heavy (non-hydrogen) atoms. The lowest BCUT2D eigenvalue weighted by molar-refractivity contribution is -0.138. The molecular formula is C31H28F3N2O5-. The van der Waals surface area contributed by atoms with Crippen molar-refractivity contribution in [1.82, 2.24) is 5.32 Å². The molecule has 5 rings (SSSR count). The van der Waals surface area contributed by atoms with Gasteiger partial charge in [0.05, 0.1) is 18.6 Å². The number of alkyl halides is 3. The Balaban J connectivity index is 1.52. The van der Waals surface area contributed by atoms with Crippen LogP contribution in [0.1, 0.15) is 70.7 Å². The zero-order valence-corrected chi connectivity index (χ0v) is 22.7. The van der Waals surface area contributed by atoms with Crippen LogP contribution in [0, 0.1) is 13.8 Å². The van der Waals surface area contributed by atoms with Crippen molar-refractivity contribution in [2.24, 2.45) is 0 Å². The van der Waals surface area contributed by atoms with Gasteiger partial charge >= 0.3 is 12.1 Å². The number of carboxylic acid groups (broad SMARTS) is 1. The highest BCUT2D eigenvalue weighted by atomic mass is 19.4. The molecule has 2 aliphatic rings. The predicted molar refractivity (Wildman–Crippen MR) is 146 cm³/mol. The van der Waals surface area contributed by atoms with Crippen LogP contribution in [0.5, 0.6) is 11.5 Å². The van der Waals surface area contributed by atoms with Crippen molar-refractivity contribution in [1.29, 1.82) is 0 Å². The topological polar surface area (TPSA) is 107 Å². The average molecular weight is 566 g/mol. The van der Waals surface area contributed by atoms with Gasteiger partial charge in [-0.25, -0.2) is 0 Å². The fraction of sp³-hybridized carbons (Fsp3) is 0.323. The molecule has 1 amide bonds. The molecule has 214 valence electrons. The molecule has 1 heterocycles. The molecule has 0 bridgehead atoms. The third-order valence-corrected chi connectivity index (χ3v) is 7.57. The number of nitrogens with zero attached hydrogens (tertiary/aromatic N) is 1. The Bertz CT molecular complexity index is 1560. The van der Waals surface area contributed by atoms with Crippen molar-refractivity contribution in [2.75, 3.05) is 6.61 Å². The Hall–Kier alpha value is -4.34. The lowest BCUT2D eigenvalue weighted by atomic mass is 9.85. The first-order chi connectivity index (χ1) is 19.3. The van der Waals surface area contributed by atoms with E-state index >= 15 is 0 Å². The van der Waals surface area contributed by atoms with Crippen LogP contribution in [0.15, 0.2) is 42.5 Å². The van der Waals surface area contributed by atoms with Crippen molar-refractivity contribution in [2.45, 2.75) is 58.2 Å². The fourth-order valence-corrected chi connectivity index (χ4v) is 5.92. The number of carbonyl (C=O) groups excluding carboxylic acids is 1. The molecule has 1 aliphatic heterocycles. The molecule has 0 saturated carbocycles. The standard InChI is InChI=1S/C31H28F3N2O5/c1-15-10-18(30(35)36-17(3)37)11-16(2)28(15)29-23-7-9-25(22(23)6-8-24(29)31(32,33)34)41-20-4-5-21-19(12-27(38)39)14-40-26(21)13-20/h4-6,8,10-11,13,19,25H,7,9,12,14H2,1-3H3,(H2-,35,36,37,38,39)/q-1/t19-,25-/m1/s1. The first-order valence-electron chi connectivity index (χ1n) is 13.2. The third-order valence-electron chi connectivity index (χ3n) is 7.57. The molecule has 0 saturated heterocycles. The van der Waals surface area contributed by atoms with E-state index in [2.05, 4.69) is 5.32 Å². The Morgan fingerprint density at radius 1 is 1.07 bits per heavy atom. The number of aryl methyl sites for hydroxylation is 2. The highest BCUT2D eigenvalue weighted by molar-refractivity contribution is 6.09. The zero-order chi connectivity index (χ0) is 29.6. The summed E-state index contributed by atoms with van der Waals surface area (Å²) in [4.78, 5) is 22.5. The summed E-state index contributed by atoms with van der Waals surface area (Å²) < 4.78 is 54.9. The van der Waals surface area contributed by atoms with E-state index in [1.165, 1.54) is 13.0 Å². The van der Waals surface area contributed by atoms with Gasteiger partial charge in [-0.2, -0.15) is 13.2 Å². The van der Waals surface area contributed by atoms with E-state index in [-0.39, 0.29) is 30.3 Å². The van der Waals surface area contributed by atoms with Gasteiger partial charge in [0, 0.05) is 17.5 Å². The Morgan fingerprint density at radius 3 is 2.39 bits per heavy atom. The number of amidine groups is 1. The van der Waals surface area contributed by atoms with Crippen LogP contribution in [0.2, 0.25) is 0 Å². The minimum absolute atomic E-state index is 0.0434. The second-order valence-corrected chi connectivity index (χ2v) is 10.5. The molecule has 0 fully saturated rings. The van der Waals surface area contributed by atoms with Gasteiger partial charge in [-0.3, -0.25) is 9.59 Å². The average Bonchev–Trinajstić information content (AvgIpc) is 3.46. The first-order valence-corrected chi connectivity index (χ1v) is 13.2. The van der Waals surface area contributed by atoms with Crippen molar-refractivity contribution in [3.05, 3.63) is 86.8 Å². The maximum Gasteiger partial charge on any atom is 0.417 e. The van der Waals surface area contributed by atoms with Crippen LogP contribution in [0.3, 0.4) is 0 Å². The van der Waals surface area contributed by atoms with Crippen LogP contribution in [-0.2, 0) is 22.2 Å². The lowest BCUT2D eigenvalue weighted by Gasteiger charge is -2.23. The van der Waals surface area contributed by atoms with Gasteiger partial charge in [-0.1, -0.05) is 30.1 Å². The van der Waals surface area contributed by atoms with E-state index in [1.54, 1.807) is 44.2 Å². The van der Waals surface area contributed by atoms with Crippen molar-refractivity contribution >= 4 is 17.7 Å². The van der Waals surface area contributed by atoms with Crippen LogP contribution in [0.25, 0.3) is 16.5 Å². The second kappa shape index (κ2) is 10.6. The molecule has 3 aromatic carbocycles. The molecule has 7 nitrogen and oxygen atoms in total. The van der Waals surface area contributed by atoms with Gasteiger partial charge in [-0.15, -0.1) is 0 Å². The van der Waals surface area contributed by atoms with E-state index in [1.807, 2.05) is 0 Å². The van der Waals surface area contributed by atoms with Gasteiger partial charge in [0.25, 0.3) is 0 Å². The molecule has 0 aromatic heterocycles. The van der Waals surface area contributed by atoms with E-state index in [0.717, 1.165) is 11.6 Å². The van der Waals surface area contributed by atoms with Gasteiger partial charge < -0.3 is 25.3 Å². The molecule has 0 radical (unpaired) electrons. The number of hydrogen-bond acceptors (Lipinski definition) is 4. The Morgan fingerprint density at radius 2 is 1.76 bits per heavy atom. The number of carboxylic acids is 1. The van der Waals surface area contributed by atoms with Crippen molar-refractivity contribution in [3.8, 4) is 22.6 Å². The van der Waals surface area contributed by atoms with Crippen LogP contribution in [-0.4, -0.2) is 29.4 Å². The number of benzene rings is 3. The summed E-state index contributed by atoms with van der Waals surface area (Å²) in [5, 5.41) is 21.7. The smallest absolute Gasteiger partial charge is 0.417 e. The molecule has 2 atom stereocenters. The monoisotopic (exact) mass is 565 g/mol. The van der Waals surface area contributed by atoms with Crippen LogP contribution < -0.4 is 14.8 Å². The van der Waals surface area contributed by atoms with Gasteiger partial charge in [0.15, 0.2) is 0 Å². The number of aliphatic carboxylic acids is 1. The minimum atomic E-state index is -4.60. The predicted octanol–water partition coefficient (Wildman–Crippen LogP) is 6.46. The summed E-state index contributed by atoms with van der Waals surface area (Å²) in [5.41, 5.74) is 3.11. The lowest BCUT2D eigenvalue weighted by Crippen LogP contribution is -2.27. The van der Waals surface area contributed by atoms with E-state index in [4.69, 9.17) is 14.6 Å². The van der Waals surface area contributed by atoms with Crippen molar-refractivity contribution < 1.29 is 37.3 Å². The summed E-state index contributed by atoms with van der Waals surface area (Å²) in [6.07, 6.45) is -4.30. The van der Waals surface area contributed by atoms with Crippen LogP contribution in [0.4, 0.5) is 13.2 Å². The van der Waals surface area contributed by atoms with Gasteiger partial charge in [0.1, 0.15) is 23.5 Å². The Labute approximate surface area is 234 Å².